The largest absolute Gasteiger partial charge is 0.454 e. The van der Waals surface area contributed by atoms with E-state index < -0.39 is 6.04 Å². The number of nitrogens with zero attached hydrogens (tertiary/aromatic N) is 2. The molecule has 2 atom stereocenters. The van der Waals surface area contributed by atoms with E-state index >= 15 is 0 Å². The minimum atomic E-state index is -0.590. The Morgan fingerprint density at radius 1 is 0.872 bits per heavy atom. The number of hydrogen-bond acceptors (Lipinski definition) is 5. The first-order chi connectivity index (χ1) is 19.1. The van der Waals surface area contributed by atoms with Crippen LogP contribution in [0.15, 0.2) is 84.9 Å². The van der Waals surface area contributed by atoms with Crippen molar-refractivity contribution in [1.29, 1.82) is 0 Å². The molecule has 4 aliphatic heterocycles. The molecular formula is C33H38N3O3+. The van der Waals surface area contributed by atoms with E-state index in [4.69, 9.17) is 4.74 Å². The Balaban J connectivity index is 1.13. The molecule has 2 bridgehead atoms. The fourth-order valence-corrected chi connectivity index (χ4v) is 6.65. The van der Waals surface area contributed by atoms with Gasteiger partial charge in [-0.05, 0) is 54.8 Å². The molecule has 0 saturated carbocycles. The van der Waals surface area contributed by atoms with E-state index in [1.54, 1.807) is 0 Å². The van der Waals surface area contributed by atoms with Crippen LogP contribution in [0.1, 0.15) is 47.6 Å². The molecule has 4 fully saturated rings. The number of carbonyl (C=O) groups excluding carboxylic acids is 2. The molecule has 0 amide bonds. The van der Waals surface area contributed by atoms with Crippen LogP contribution in [0.2, 0.25) is 0 Å². The Morgan fingerprint density at radius 2 is 1.51 bits per heavy atom. The average Bonchev–Trinajstić information content (AvgIpc) is 3.53. The molecule has 4 aliphatic rings. The van der Waals surface area contributed by atoms with Crippen molar-refractivity contribution in [3.05, 3.63) is 96.1 Å². The topological polar surface area (TPSA) is 58.6 Å². The Bertz CT molecular complexity index is 1260. The van der Waals surface area contributed by atoms with Gasteiger partial charge in [0.25, 0.3) is 0 Å². The summed E-state index contributed by atoms with van der Waals surface area (Å²) in [7, 11) is 0. The van der Waals surface area contributed by atoms with Gasteiger partial charge in [0.2, 0.25) is 5.78 Å². The van der Waals surface area contributed by atoms with Crippen LogP contribution in [0, 0.1) is 5.92 Å². The van der Waals surface area contributed by atoms with Crippen LogP contribution in [0.5, 0.6) is 0 Å². The monoisotopic (exact) mass is 524 g/mol. The molecule has 4 heterocycles. The number of piperidine rings is 3. The molecule has 0 aromatic heterocycles. The number of Topliss-reactive ketones (excluding diaryl/α,β-unsaturated/α-hetero) is 1. The molecule has 3 aromatic carbocycles. The first kappa shape index (κ1) is 25.6. The van der Waals surface area contributed by atoms with Crippen molar-refractivity contribution < 1.29 is 18.8 Å². The van der Waals surface area contributed by atoms with E-state index in [0.717, 1.165) is 55.8 Å². The van der Waals surface area contributed by atoms with Crippen molar-refractivity contribution in [2.24, 2.45) is 5.92 Å². The lowest BCUT2D eigenvalue weighted by Crippen LogP contribution is -2.65. The van der Waals surface area contributed by atoms with Crippen LogP contribution < -0.4 is 10.2 Å². The molecule has 4 saturated heterocycles. The highest BCUT2D eigenvalue weighted by Crippen LogP contribution is 2.37. The zero-order chi connectivity index (χ0) is 26.7. The molecule has 0 radical (unpaired) electrons. The van der Waals surface area contributed by atoms with Crippen LogP contribution >= 0.6 is 0 Å². The molecule has 3 aromatic rings. The molecule has 6 heteroatoms. The number of anilines is 2. The number of esters is 1. The summed E-state index contributed by atoms with van der Waals surface area (Å²) < 4.78 is 6.98. The highest BCUT2D eigenvalue weighted by Gasteiger charge is 2.49. The number of rotatable bonds is 9. The van der Waals surface area contributed by atoms with E-state index in [1.165, 1.54) is 18.5 Å². The van der Waals surface area contributed by atoms with Gasteiger partial charge in [0.1, 0.15) is 13.1 Å². The summed E-state index contributed by atoms with van der Waals surface area (Å²) in [6.07, 6.45) is 4.28. The van der Waals surface area contributed by atoms with E-state index in [2.05, 4.69) is 22.3 Å². The number of carbonyl (C=O) groups is 2. The number of para-hydroxylation sites is 1. The Morgan fingerprint density at radius 3 is 2.18 bits per heavy atom. The van der Waals surface area contributed by atoms with Gasteiger partial charge in [0, 0.05) is 48.8 Å². The Labute approximate surface area is 231 Å². The maximum absolute atomic E-state index is 13.6. The van der Waals surface area contributed by atoms with Crippen LogP contribution in [0.25, 0.3) is 0 Å². The smallest absolute Gasteiger partial charge is 0.333 e. The van der Waals surface area contributed by atoms with Gasteiger partial charge in [0.15, 0.2) is 12.1 Å². The Kier molecular flexibility index (Phi) is 7.38. The summed E-state index contributed by atoms with van der Waals surface area (Å²) in [5.41, 5.74) is 3.74. The predicted molar refractivity (Wildman–Crippen MR) is 154 cm³/mol. The zero-order valence-corrected chi connectivity index (χ0v) is 22.5. The minimum absolute atomic E-state index is 0.172. The van der Waals surface area contributed by atoms with Gasteiger partial charge < -0.3 is 19.4 Å². The number of hydrogen-bond donors (Lipinski definition) is 1. The van der Waals surface area contributed by atoms with Crippen molar-refractivity contribution in [2.75, 3.05) is 49.5 Å². The minimum Gasteiger partial charge on any atom is -0.454 e. The van der Waals surface area contributed by atoms with E-state index in [9.17, 15) is 9.59 Å². The summed E-state index contributed by atoms with van der Waals surface area (Å²) in [6, 6.07) is 27.1. The number of ether oxygens (including phenoxy) is 1. The third-order valence-electron chi connectivity index (χ3n) is 8.90. The molecule has 0 spiro atoms. The lowest BCUT2D eigenvalue weighted by Gasteiger charge is -2.51. The van der Waals surface area contributed by atoms with Gasteiger partial charge in [-0.3, -0.25) is 4.79 Å². The van der Waals surface area contributed by atoms with Gasteiger partial charge in [-0.25, -0.2) is 4.79 Å². The lowest BCUT2D eigenvalue weighted by molar-refractivity contribution is -0.938. The fourth-order valence-electron chi connectivity index (χ4n) is 6.65. The lowest BCUT2D eigenvalue weighted by atomic mass is 9.82. The van der Waals surface area contributed by atoms with Crippen molar-refractivity contribution in [3.8, 4) is 0 Å². The first-order valence-corrected chi connectivity index (χ1v) is 14.4. The summed E-state index contributed by atoms with van der Waals surface area (Å²) >= 11 is 0. The number of nitrogens with one attached hydrogen (secondary N) is 1. The maximum atomic E-state index is 13.6. The van der Waals surface area contributed by atoms with Gasteiger partial charge >= 0.3 is 5.97 Å². The molecule has 1 N–H and O–H groups in total. The standard InChI is InChI=1S/C33H38N3O3/c37-30(25-13-15-29(16-14-25)35-19-7-8-20-35)23-36-21-17-26(18-22-36)31(24-36)39-33(38)32(27-9-3-1-4-10-27)34-28-11-5-2-6-12-28/h1-6,9-16,26,31-32,34H,7-8,17-24H2/q+1/t26?,31-,32?,36?/m0/s1. The van der Waals surface area contributed by atoms with Gasteiger partial charge in [-0.2, -0.15) is 0 Å². The predicted octanol–water partition coefficient (Wildman–Crippen LogP) is 5.48. The second-order valence-corrected chi connectivity index (χ2v) is 11.5. The molecule has 6 nitrogen and oxygen atoms in total. The molecular weight excluding hydrogens is 486 g/mol. The van der Waals surface area contributed by atoms with E-state index in [0.29, 0.717) is 23.5 Å². The van der Waals surface area contributed by atoms with Crippen LogP contribution in [0.4, 0.5) is 11.4 Å². The fraction of sp³-hybridized carbons (Fsp3) is 0.394. The first-order valence-electron chi connectivity index (χ1n) is 14.4. The van der Waals surface area contributed by atoms with Crippen molar-refractivity contribution in [2.45, 2.75) is 37.8 Å². The SMILES string of the molecule is O=C(C[N+]12CCC(CC1)[C@@H](OC(=O)C(Nc1ccccc1)c1ccccc1)C2)c1ccc(N2CCCC2)cc1. The number of fused-ring (bicyclic) bond motifs is 3. The normalized spacial score (nSPS) is 24.8. The van der Waals surface area contributed by atoms with Crippen molar-refractivity contribution >= 4 is 23.1 Å². The maximum Gasteiger partial charge on any atom is 0.333 e. The summed E-state index contributed by atoms with van der Waals surface area (Å²) in [5.74, 6) is 0.282. The average molecular weight is 525 g/mol. The molecule has 39 heavy (non-hydrogen) atoms. The van der Waals surface area contributed by atoms with Crippen molar-refractivity contribution in [3.63, 3.8) is 0 Å². The second kappa shape index (κ2) is 11.2. The van der Waals surface area contributed by atoms with Gasteiger partial charge in [-0.1, -0.05) is 48.5 Å². The summed E-state index contributed by atoms with van der Waals surface area (Å²) in [5, 5.41) is 3.38. The number of quaternary nitrogens is 1. The van der Waals surface area contributed by atoms with Crippen molar-refractivity contribution in [1.82, 2.24) is 0 Å². The van der Waals surface area contributed by atoms with Crippen LogP contribution in [0.3, 0.4) is 0 Å². The summed E-state index contributed by atoms with van der Waals surface area (Å²) in [4.78, 5) is 29.4. The molecule has 202 valence electrons. The van der Waals surface area contributed by atoms with Gasteiger partial charge in [0.05, 0.1) is 13.1 Å². The Hall–Kier alpha value is -3.64. The van der Waals surface area contributed by atoms with E-state index in [-0.39, 0.29) is 17.9 Å². The number of benzene rings is 3. The number of ketones is 1. The summed E-state index contributed by atoms with van der Waals surface area (Å²) in [6.45, 7) is 5.32. The second-order valence-electron chi connectivity index (χ2n) is 11.5. The quantitative estimate of drug-likeness (QED) is 0.228. The molecule has 1 unspecified atom stereocenters. The molecule has 7 rings (SSSR count). The highest BCUT2D eigenvalue weighted by molar-refractivity contribution is 5.97. The van der Waals surface area contributed by atoms with Crippen LogP contribution in [-0.4, -0.2) is 61.6 Å². The third-order valence-corrected chi connectivity index (χ3v) is 8.90. The molecule has 0 aliphatic carbocycles. The van der Waals surface area contributed by atoms with Gasteiger partial charge in [-0.15, -0.1) is 0 Å². The van der Waals surface area contributed by atoms with Crippen LogP contribution in [-0.2, 0) is 9.53 Å². The zero-order valence-electron chi connectivity index (χ0n) is 22.5. The highest BCUT2D eigenvalue weighted by atomic mass is 16.5. The third kappa shape index (κ3) is 5.71. The van der Waals surface area contributed by atoms with E-state index in [1.807, 2.05) is 72.8 Å².